The molecule has 0 bridgehead atoms. The zero-order valence-electron chi connectivity index (χ0n) is 15.4. The van der Waals surface area contributed by atoms with Crippen molar-refractivity contribution in [3.8, 4) is 0 Å². The second-order valence-corrected chi connectivity index (χ2v) is 9.08. The average Bonchev–Trinajstić information content (AvgIpc) is 2.57. The van der Waals surface area contributed by atoms with Crippen LogP contribution in [0.25, 0.3) is 0 Å². The Hall–Kier alpha value is -1.92. The SMILES string of the molecule is CC1CC(C)CN(S(=O)(=O)c2cnc(C(=O)NCC(O)C(F)(F)F)c(N)c2)C1. The number of alkyl halides is 3. The molecule has 0 radical (unpaired) electrons. The fourth-order valence-electron chi connectivity index (χ4n) is 3.13. The van der Waals surface area contributed by atoms with E-state index in [9.17, 15) is 26.4 Å². The minimum Gasteiger partial charge on any atom is -0.397 e. The highest BCUT2D eigenvalue weighted by molar-refractivity contribution is 7.89. The van der Waals surface area contributed by atoms with Crippen LogP contribution in [0.5, 0.6) is 0 Å². The smallest absolute Gasteiger partial charge is 0.397 e. The van der Waals surface area contributed by atoms with E-state index < -0.39 is 40.4 Å². The number of aromatic nitrogens is 1. The maximum Gasteiger partial charge on any atom is 0.416 e. The van der Waals surface area contributed by atoms with Gasteiger partial charge >= 0.3 is 6.18 Å². The van der Waals surface area contributed by atoms with Crippen molar-refractivity contribution in [3.63, 3.8) is 0 Å². The molecule has 1 aromatic heterocycles. The van der Waals surface area contributed by atoms with Crippen molar-refractivity contribution < 1.29 is 31.5 Å². The molecule has 0 aromatic carbocycles. The number of carbonyl (C=O) groups excluding carboxylic acids is 1. The predicted molar refractivity (Wildman–Crippen MR) is 94.7 cm³/mol. The Morgan fingerprint density at radius 3 is 2.46 bits per heavy atom. The Bertz CT molecular complexity index is 822. The molecule has 28 heavy (non-hydrogen) atoms. The van der Waals surface area contributed by atoms with Gasteiger partial charge in [-0.15, -0.1) is 0 Å². The van der Waals surface area contributed by atoms with Crippen molar-refractivity contribution in [2.75, 3.05) is 25.4 Å². The number of nitrogens with zero attached hydrogens (tertiary/aromatic N) is 2. The van der Waals surface area contributed by atoms with Crippen LogP contribution in [-0.4, -0.2) is 60.6 Å². The maximum absolute atomic E-state index is 12.8. The molecule has 1 aromatic rings. The first-order valence-electron chi connectivity index (χ1n) is 8.61. The summed E-state index contributed by atoms with van der Waals surface area (Å²) in [5.41, 5.74) is 4.99. The number of aliphatic hydroxyl groups is 1. The van der Waals surface area contributed by atoms with Crippen LogP contribution < -0.4 is 11.1 Å². The molecule has 0 aliphatic carbocycles. The lowest BCUT2D eigenvalue weighted by Gasteiger charge is -2.34. The van der Waals surface area contributed by atoms with Crippen LogP contribution in [0.4, 0.5) is 18.9 Å². The van der Waals surface area contributed by atoms with Crippen molar-refractivity contribution in [3.05, 3.63) is 18.0 Å². The number of anilines is 1. The number of halogens is 3. The van der Waals surface area contributed by atoms with E-state index in [1.807, 2.05) is 19.2 Å². The van der Waals surface area contributed by atoms with Gasteiger partial charge in [-0.25, -0.2) is 13.4 Å². The van der Waals surface area contributed by atoms with Crippen LogP contribution >= 0.6 is 0 Å². The first-order chi connectivity index (χ1) is 12.8. The van der Waals surface area contributed by atoms with Crippen molar-refractivity contribution in [2.24, 2.45) is 11.8 Å². The number of hydrogen-bond donors (Lipinski definition) is 3. The molecule has 1 aliphatic heterocycles. The summed E-state index contributed by atoms with van der Waals surface area (Å²) >= 11 is 0. The second-order valence-electron chi connectivity index (χ2n) is 7.14. The van der Waals surface area contributed by atoms with E-state index in [0.29, 0.717) is 13.1 Å². The molecular formula is C16H23F3N4O4S. The second kappa shape index (κ2) is 8.21. The van der Waals surface area contributed by atoms with Gasteiger partial charge in [-0.3, -0.25) is 4.79 Å². The third-order valence-electron chi connectivity index (χ3n) is 4.41. The number of sulfonamides is 1. The lowest BCUT2D eigenvalue weighted by Crippen LogP contribution is -2.42. The quantitative estimate of drug-likeness (QED) is 0.647. The summed E-state index contributed by atoms with van der Waals surface area (Å²) in [6.45, 7) is 3.53. The van der Waals surface area contributed by atoms with Crippen LogP contribution in [0.2, 0.25) is 0 Å². The number of nitrogen functional groups attached to an aromatic ring is 1. The van der Waals surface area contributed by atoms with Crippen molar-refractivity contribution in [1.82, 2.24) is 14.6 Å². The number of carbonyl (C=O) groups is 1. The number of rotatable bonds is 5. The van der Waals surface area contributed by atoms with Crippen LogP contribution in [0.1, 0.15) is 30.8 Å². The van der Waals surface area contributed by atoms with Gasteiger partial charge in [0.25, 0.3) is 5.91 Å². The van der Waals surface area contributed by atoms with Gasteiger partial charge in [0, 0.05) is 19.3 Å². The van der Waals surface area contributed by atoms with E-state index in [4.69, 9.17) is 10.8 Å². The lowest BCUT2D eigenvalue weighted by atomic mass is 9.94. The number of piperidine rings is 1. The Morgan fingerprint density at radius 1 is 1.39 bits per heavy atom. The molecule has 3 atom stereocenters. The topological polar surface area (TPSA) is 126 Å². The zero-order valence-corrected chi connectivity index (χ0v) is 16.2. The maximum atomic E-state index is 12.8. The van der Waals surface area contributed by atoms with E-state index >= 15 is 0 Å². The van der Waals surface area contributed by atoms with Crippen molar-refractivity contribution in [2.45, 2.75) is 37.4 Å². The summed E-state index contributed by atoms with van der Waals surface area (Å²) in [7, 11) is -3.87. The van der Waals surface area contributed by atoms with E-state index in [1.165, 1.54) is 4.31 Å². The van der Waals surface area contributed by atoms with Gasteiger partial charge in [-0.2, -0.15) is 17.5 Å². The molecule has 1 fully saturated rings. The molecule has 0 saturated carbocycles. The largest absolute Gasteiger partial charge is 0.416 e. The zero-order chi connectivity index (χ0) is 21.3. The summed E-state index contributed by atoms with van der Waals surface area (Å²) in [5.74, 6) is -0.673. The summed E-state index contributed by atoms with van der Waals surface area (Å²) in [5, 5.41) is 10.8. The van der Waals surface area contributed by atoms with E-state index in [2.05, 4.69) is 4.98 Å². The Balaban J connectivity index is 2.16. The highest BCUT2D eigenvalue weighted by Crippen LogP contribution is 2.27. The van der Waals surface area contributed by atoms with Gasteiger partial charge < -0.3 is 16.2 Å². The number of nitrogens with two attached hydrogens (primary N) is 1. The molecule has 4 N–H and O–H groups in total. The van der Waals surface area contributed by atoms with Crippen LogP contribution in [-0.2, 0) is 10.0 Å². The van der Waals surface area contributed by atoms with E-state index in [0.717, 1.165) is 18.7 Å². The van der Waals surface area contributed by atoms with Gasteiger partial charge in [0.15, 0.2) is 11.8 Å². The summed E-state index contributed by atoms with van der Waals surface area (Å²) in [6, 6.07) is 1.06. The third-order valence-corrected chi connectivity index (χ3v) is 6.21. The highest BCUT2D eigenvalue weighted by atomic mass is 32.2. The number of amides is 1. The first-order valence-corrected chi connectivity index (χ1v) is 10.0. The highest BCUT2D eigenvalue weighted by Gasteiger charge is 2.38. The summed E-state index contributed by atoms with van der Waals surface area (Å²) in [6.07, 6.45) is -5.76. The third kappa shape index (κ3) is 5.11. The number of hydrogen-bond acceptors (Lipinski definition) is 6. The normalized spacial score (nSPS) is 22.6. The Labute approximate surface area is 161 Å². The van der Waals surface area contributed by atoms with Gasteiger partial charge in [0.1, 0.15) is 4.90 Å². The van der Waals surface area contributed by atoms with Crippen molar-refractivity contribution >= 4 is 21.6 Å². The molecule has 2 rings (SSSR count). The Morgan fingerprint density at radius 2 is 1.96 bits per heavy atom. The molecule has 2 heterocycles. The molecule has 3 unspecified atom stereocenters. The van der Waals surface area contributed by atoms with Gasteiger partial charge in [0.05, 0.1) is 12.2 Å². The Kier molecular flexibility index (Phi) is 6.56. The minimum atomic E-state index is -4.88. The standard InChI is InChI=1S/C16H23F3N4O4S/c1-9-3-10(2)8-23(7-9)28(26,27)11-4-12(20)14(21-5-11)15(25)22-6-13(24)16(17,18)19/h4-5,9-10,13,24H,3,6-8,20H2,1-2H3,(H,22,25). The molecule has 0 spiro atoms. The molecule has 12 heteroatoms. The monoisotopic (exact) mass is 424 g/mol. The fraction of sp³-hybridized carbons (Fsp3) is 0.625. The number of nitrogens with one attached hydrogen (secondary N) is 1. The molecule has 1 aliphatic rings. The summed E-state index contributed by atoms with van der Waals surface area (Å²) < 4.78 is 63.8. The van der Waals surface area contributed by atoms with E-state index in [-0.39, 0.29) is 22.4 Å². The molecule has 8 nitrogen and oxygen atoms in total. The van der Waals surface area contributed by atoms with E-state index in [1.54, 1.807) is 0 Å². The van der Waals surface area contributed by atoms with Crippen LogP contribution in [0.3, 0.4) is 0 Å². The van der Waals surface area contributed by atoms with Gasteiger partial charge in [0.2, 0.25) is 10.0 Å². The van der Waals surface area contributed by atoms with Crippen LogP contribution in [0.15, 0.2) is 17.2 Å². The molecular weight excluding hydrogens is 401 g/mol. The summed E-state index contributed by atoms with van der Waals surface area (Å²) in [4.78, 5) is 15.5. The molecule has 1 saturated heterocycles. The number of aliphatic hydroxyl groups excluding tert-OH is 1. The average molecular weight is 424 g/mol. The first kappa shape index (κ1) is 22.4. The van der Waals surface area contributed by atoms with Gasteiger partial charge in [-0.1, -0.05) is 13.8 Å². The predicted octanol–water partition coefficient (Wildman–Crippen LogP) is 0.983. The van der Waals surface area contributed by atoms with Gasteiger partial charge in [-0.05, 0) is 24.3 Å². The van der Waals surface area contributed by atoms with Crippen LogP contribution in [0, 0.1) is 11.8 Å². The molecule has 158 valence electrons. The molecule has 1 amide bonds. The minimum absolute atomic E-state index is 0.189. The fourth-order valence-corrected chi connectivity index (χ4v) is 4.79. The van der Waals surface area contributed by atoms with Crippen molar-refractivity contribution in [1.29, 1.82) is 0 Å². The number of pyridine rings is 1. The lowest BCUT2D eigenvalue weighted by molar-refractivity contribution is -0.201.